The first-order valence-electron chi connectivity index (χ1n) is 2.79. The number of aromatic nitrogens is 2. The van der Waals surface area contributed by atoms with Crippen molar-refractivity contribution < 1.29 is 4.52 Å². The standard InChI is InChI=1S/C6H4N2O2/c9-4-1-6-5(7-2-4)3-8-10-6/h1-3,8H. The highest BCUT2D eigenvalue weighted by Gasteiger charge is 2.05. The molecule has 0 bridgehead atoms. The predicted molar refractivity (Wildman–Crippen MR) is 33.7 cm³/mol. The smallest absolute Gasteiger partial charge is 0.200 e. The molecule has 2 rings (SSSR count). The molecule has 0 amide bonds. The van der Waals surface area contributed by atoms with Crippen LogP contribution in [0.2, 0.25) is 0 Å². The van der Waals surface area contributed by atoms with E-state index in [2.05, 4.69) is 10.1 Å². The number of H-pyrrole nitrogens is 1. The third-order valence-electron chi connectivity index (χ3n) is 1.22. The van der Waals surface area contributed by atoms with Gasteiger partial charge in [0.05, 0.1) is 12.4 Å². The zero-order valence-corrected chi connectivity index (χ0v) is 5.00. The van der Waals surface area contributed by atoms with Crippen molar-refractivity contribution >= 4 is 0 Å². The van der Waals surface area contributed by atoms with Crippen LogP contribution < -0.4 is 5.43 Å². The summed E-state index contributed by atoms with van der Waals surface area (Å²) in [5.74, 6) is 0.493. The normalized spacial score (nSPS) is 10.4. The van der Waals surface area contributed by atoms with Crippen molar-refractivity contribution in [2.45, 2.75) is 0 Å². The number of nitrogens with one attached hydrogen (secondary N) is 1. The minimum atomic E-state index is -0.143. The minimum absolute atomic E-state index is 0.143. The van der Waals surface area contributed by atoms with Crippen molar-refractivity contribution in [2.75, 3.05) is 0 Å². The van der Waals surface area contributed by atoms with Crippen LogP contribution in [0.4, 0.5) is 0 Å². The summed E-state index contributed by atoms with van der Waals surface area (Å²) in [4.78, 5) is 14.4. The van der Waals surface area contributed by atoms with Crippen LogP contribution >= 0.6 is 0 Å². The average molecular weight is 136 g/mol. The molecule has 0 saturated carbocycles. The van der Waals surface area contributed by atoms with E-state index in [1.165, 1.54) is 12.3 Å². The molecule has 0 spiro atoms. The van der Waals surface area contributed by atoms with Crippen molar-refractivity contribution in [1.29, 1.82) is 0 Å². The van der Waals surface area contributed by atoms with E-state index in [0.29, 0.717) is 11.5 Å². The van der Waals surface area contributed by atoms with Crippen molar-refractivity contribution in [1.82, 2.24) is 10.1 Å². The molecule has 0 unspecified atom stereocenters. The molecular weight excluding hydrogens is 132 g/mol. The quantitative estimate of drug-likeness (QED) is 0.572. The van der Waals surface area contributed by atoms with Gasteiger partial charge in [-0.1, -0.05) is 0 Å². The monoisotopic (exact) mass is 136 g/mol. The lowest BCUT2D eigenvalue weighted by Crippen LogP contribution is -1.98. The summed E-state index contributed by atoms with van der Waals surface area (Å²) in [7, 11) is 0. The fourth-order valence-electron chi connectivity index (χ4n) is 0.776. The number of aromatic amines is 1. The van der Waals surface area contributed by atoms with Crippen LogP contribution in [0.25, 0.3) is 11.5 Å². The molecule has 0 aromatic rings. The summed E-state index contributed by atoms with van der Waals surface area (Å²) in [5, 5.41) is 2.49. The van der Waals surface area contributed by atoms with Crippen LogP contribution in [0.1, 0.15) is 0 Å². The molecule has 4 nitrogen and oxygen atoms in total. The fourth-order valence-corrected chi connectivity index (χ4v) is 0.776. The van der Waals surface area contributed by atoms with E-state index in [-0.39, 0.29) is 5.43 Å². The van der Waals surface area contributed by atoms with Gasteiger partial charge in [0.1, 0.15) is 5.69 Å². The van der Waals surface area contributed by atoms with Gasteiger partial charge < -0.3 is 4.52 Å². The highest BCUT2D eigenvalue weighted by molar-refractivity contribution is 5.50. The van der Waals surface area contributed by atoms with E-state index in [0.717, 1.165) is 0 Å². The molecule has 0 aromatic carbocycles. The molecular formula is C6H4N2O2. The van der Waals surface area contributed by atoms with Gasteiger partial charge in [-0.2, -0.15) is 0 Å². The van der Waals surface area contributed by atoms with E-state index >= 15 is 0 Å². The number of pyridine rings is 1. The van der Waals surface area contributed by atoms with Gasteiger partial charge in [0.15, 0.2) is 5.76 Å². The van der Waals surface area contributed by atoms with Crippen molar-refractivity contribution in [3.8, 4) is 11.5 Å². The Balaban J connectivity index is 2.87. The summed E-state index contributed by atoms with van der Waals surface area (Å²) in [5.41, 5.74) is 0.524. The molecule has 10 heavy (non-hydrogen) atoms. The van der Waals surface area contributed by atoms with E-state index < -0.39 is 0 Å². The maximum absolute atomic E-state index is 10.6. The summed E-state index contributed by atoms with van der Waals surface area (Å²) < 4.78 is 4.81. The van der Waals surface area contributed by atoms with E-state index in [1.54, 1.807) is 6.20 Å². The summed E-state index contributed by atoms with van der Waals surface area (Å²) in [6, 6.07) is 1.39. The van der Waals surface area contributed by atoms with Crippen LogP contribution in [0, 0.1) is 0 Å². The van der Waals surface area contributed by atoms with Crippen molar-refractivity contribution in [3.05, 3.63) is 28.7 Å². The Morgan fingerprint density at radius 2 is 2.50 bits per heavy atom. The predicted octanol–water partition coefficient (Wildman–Crippen LogP) is 0.468. The number of rotatable bonds is 0. The molecule has 50 valence electrons. The third kappa shape index (κ3) is 0.621. The Morgan fingerprint density at radius 1 is 1.60 bits per heavy atom. The zero-order valence-electron chi connectivity index (χ0n) is 5.00. The van der Waals surface area contributed by atoms with E-state index in [1.807, 2.05) is 0 Å². The van der Waals surface area contributed by atoms with Gasteiger partial charge in [-0.05, 0) is 0 Å². The number of fused-ring (bicyclic) bond motifs is 1. The Hall–Kier alpha value is -1.58. The second-order valence-corrected chi connectivity index (χ2v) is 1.92. The maximum Gasteiger partial charge on any atom is 0.200 e. The molecule has 0 aliphatic carbocycles. The molecule has 0 fully saturated rings. The van der Waals surface area contributed by atoms with Gasteiger partial charge in [-0.25, -0.2) is 10.1 Å². The summed E-state index contributed by atoms with van der Waals surface area (Å²) >= 11 is 0. The molecule has 4 heteroatoms. The first-order valence-corrected chi connectivity index (χ1v) is 2.79. The highest BCUT2D eigenvalue weighted by Crippen LogP contribution is 2.13. The largest absolute Gasteiger partial charge is 0.380 e. The maximum atomic E-state index is 10.6. The van der Waals surface area contributed by atoms with Crippen LogP contribution in [-0.4, -0.2) is 10.1 Å². The lowest BCUT2D eigenvalue weighted by atomic mass is 10.3. The van der Waals surface area contributed by atoms with Gasteiger partial charge in [0.25, 0.3) is 0 Å². The number of hydrogen-bond donors (Lipinski definition) is 1. The Labute approximate surface area is 55.8 Å². The van der Waals surface area contributed by atoms with E-state index in [9.17, 15) is 4.79 Å². The SMILES string of the molecule is O=c1cnc2c[nH]oc-2c1. The van der Waals surface area contributed by atoms with Gasteiger partial charge in [0.2, 0.25) is 5.43 Å². The van der Waals surface area contributed by atoms with E-state index in [4.69, 9.17) is 4.52 Å². The van der Waals surface area contributed by atoms with Crippen molar-refractivity contribution in [3.63, 3.8) is 0 Å². The first kappa shape index (κ1) is 5.22. The molecule has 0 aromatic heterocycles. The molecule has 0 atom stereocenters. The highest BCUT2D eigenvalue weighted by atomic mass is 16.5. The van der Waals surface area contributed by atoms with Gasteiger partial charge in [0, 0.05) is 6.07 Å². The van der Waals surface area contributed by atoms with Crippen molar-refractivity contribution in [2.24, 2.45) is 0 Å². The molecule has 1 N–H and O–H groups in total. The minimum Gasteiger partial charge on any atom is -0.380 e. The summed E-state index contributed by atoms with van der Waals surface area (Å²) in [6.45, 7) is 0. The lowest BCUT2D eigenvalue weighted by Gasteiger charge is -1.86. The second-order valence-electron chi connectivity index (χ2n) is 1.92. The molecule has 2 aliphatic rings. The fraction of sp³-hybridized carbons (Fsp3) is 0. The molecule has 0 radical (unpaired) electrons. The second kappa shape index (κ2) is 1.70. The third-order valence-corrected chi connectivity index (χ3v) is 1.22. The molecule has 2 aliphatic heterocycles. The van der Waals surface area contributed by atoms with Gasteiger partial charge in [-0.3, -0.25) is 4.79 Å². The summed E-state index contributed by atoms with van der Waals surface area (Å²) in [6.07, 6.45) is 2.85. The van der Waals surface area contributed by atoms with Crippen LogP contribution in [0.3, 0.4) is 0 Å². The van der Waals surface area contributed by atoms with Gasteiger partial charge in [-0.15, -0.1) is 0 Å². The van der Waals surface area contributed by atoms with Crippen LogP contribution in [-0.2, 0) is 0 Å². The zero-order chi connectivity index (χ0) is 6.97. The number of hydrogen-bond acceptors (Lipinski definition) is 3. The average Bonchev–Trinajstić information content (AvgIpc) is 2.33. The number of nitrogens with zero attached hydrogens (tertiary/aromatic N) is 1. The van der Waals surface area contributed by atoms with Gasteiger partial charge >= 0.3 is 0 Å². The molecule has 0 saturated heterocycles. The lowest BCUT2D eigenvalue weighted by molar-refractivity contribution is 0.433. The molecule has 2 heterocycles. The van der Waals surface area contributed by atoms with Crippen LogP contribution in [0.5, 0.6) is 0 Å². The van der Waals surface area contributed by atoms with Crippen LogP contribution in [0.15, 0.2) is 27.8 Å². The Kier molecular flexibility index (Phi) is 0.887. The Bertz CT molecular complexity index is 362. The topological polar surface area (TPSA) is 58.9 Å². The Morgan fingerprint density at radius 3 is 3.40 bits per heavy atom. The first-order chi connectivity index (χ1) is 4.86.